The van der Waals surface area contributed by atoms with Crippen molar-refractivity contribution >= 4 is 27.3 Å². The second-order valence-corrected chi connectivity index (χ2v) is 10.7. The number of hydrogen-bond donors (Lipinski definition) is 2. The largest absolute Gasteiger partial charge is 0.493 e. The molecule has 0 radical (unpaired) electrons. The SMILES string of the molecule is COc1cc2c(cc1OC)CN(CCc1ccc(NC(=O)c3ccc(F)cc3NS(C)(=O)=O)cc1)CC2. The fourth-order valence-electron chi connectivity index (χ4n) is 4.37. The summed E-state index contributed by atoms with van der Waals surface area (Å²) in [7, 11) is -0.394. The van der Waals surface area contributed by atoms with Gasteiger partial charge in [-0.1, -0.05) is 12.1 Å². The van der Waals surface area contributed by atoms with Crippen molar-refractivity contribution in [1.82, 2.24) is 4.90 Å². The maximum atomic E-state index is 13.6. The van der Waals surface area contributed by atoms with Crippen LogP contribution in [0.2, 0.25) is 0 Å². The third-order valence-corrected chi connectivity index (χ3v) is 6.84. The van der Waals surface area contributed by atoms with Crippen molar-refractivity contribution in [2.24, 2.45) is 0 Å². The van der Waals surface area contributed by atoms with Crippen molar-refractivity contribution < 1.29 is 27.1 Å². The zero-order valence-electron chi connectivity index (χ0n) is 21.0. The molecule has 0 saturated heterocycles. The van der Waals surface area contributed by atoms with Crippen LogP contribution in [0.4, 0.5) is 15.8 Å². The summed E-state index contributed by atoms with van der Waals surface area (Å²) in [5.41, 5.74) is 4.11. The Morgan fingerprint density at radius 3 is 2.32 bits per heavy atom. The summed E-state index contributed by atoms with van der Waals surface area (Å²) in [5, 5.41) is 2.74. The van der Waals surface area contributed by atoms with Gasteiger partial charge in [0.2, 0.25) is 10.0 Å². The van der Waals surface area contributed by atoms with Gasteiger partial charge >= 0.3 is 0 Å². The minimum Gasteiger partial charge on any atom is -0.493 e. The molecule has 0 spiro atoms. The van der Waals surface area contributed by atoms with E-state index in [-0.39, 0.29) is 11.3 Å². The zero-order valence-corrected chi connectivity index (χ0v) is 21.8. The van der Waals surface area contributed by atoms with Crippen LogP contribution in [-0.4, -0.2) is 52.8 Å². The van der Waals surface area contributed by atoms with Gasteiger partial charge in [-0.05, 0) is 72.0 Å². The molecule has 37 heavy (non-hydrogen) atoms. The van der Waals surface area contributed by atoms with Crippen LogP contribution < -0.4 is 19.5 Å². The predicted octanol–water partition coefficient (Wildman–Crippen LogP) is 4.07. The van der Waals surface area contributed by atoms with Crippen molar-refractivity contribution in [3.63, 3.8) is 0 Å². The minimum atomic E-state index is -3.68. The Bertz CT molecular complexity index is 1390. The summed E-state index contributed by atoms with van der Waals surface area (Å²) in [6.07, 6.45) is 2.73. The van der Waals surface area contributed by atoms with E-state index in [0.29, 0.717) is 5.69 Å². The second kappa shape index (κ2) is 11.2. The number of methoxy groups -OCH3 is 2. The van der Waals surface area contributed by atoms with Crippen LogP contribution in [-0.2, 0) is 29.4 Å². The number of benzene rings is 3. The summed E-state index contributed by atoms with van der Waals surface area (Å²) < 4.78 is 49.9. The van der Waals surface area contributed by atoms with Crippen LogP contribution in [0, 0.1) is 5.82 Å². The van der Waals surface area contributed by atoms with Gasteiger partial charge in [0.15, 0.2) is 11.5 Å². The lowest BCUT2D eigenvalue weighted by atomic mass is 9.98. The summed E-state index contributed by atoms with van der Waals surface area (Å²) in [4.78, 5) is 15.1. The molecular formula is C27H30FN3O5S. The lowest BCUT2D eigenvalue weighted by Crippen LogP contribution is -2.32. The van der Waals surface area contributed by atoms with Gasteiger partial charge in [-0.3, -0.25) is 14.4 Å². The third kappa shape index (κ3) is 6.78. The number of halogens is 1. The molecule has 0 aliphatic carbocycles. The normalized spacial score (nSPS) is 13.5. The molecule has 196 valence electrons. The number of nitrogens with zero attached hydrogens (tertiary/aromatic N) is 1. The molecule has 2 N–H and O–H groups in total. The van der Waals surface area contributed by atoms with Crippen LogP contribution in [0.1, 0.15) is 27.0 Å². The Kier molecular flexibility index (Phi) is 7.99. The number of carbonyl (C=O) groups is 1. The first kappa shape index (κ1) is 26.4. The van der Waals surface area contributed by atoms with Gasteiger partial charge in [0, 0.05) is 25.3 Å². The van der Waals surface area contributed by atoms with E-state index in [1.807, 2.05) is 12.1 Å². The fraction of sp³-hybridized carbons (Fsp3) is 0.296. The lowest BCUT2D eigenvalue weighted by molar-refractivity contribution is 0.102. The zero-order chi connectivity index (χ0) is 26.6. The highest BCUT2D eigenvalue weighted by Gasteiger charge is 2.19. The van der Waals surface area contributed by atoms with Crippen LogP contribution >= 0.6 is 0 Å². The number of rotatable bonds is 9. The average Bonchev–Trinajstić information content (AvgIpc) is 2.86. The topological polar surface area (TPSA) is 97.0 Å². The smallest absolute Gasteiger partial charge is 0.257 e. The van der Waals surface area contributed by atoms with E-state index in [4.69, 9.17) is 9.47 Å². The Hall–Kier alpha value is -3.63. The van der Waals surface area contributed by atoms with Gasteiger partial charge in [-0.2, -0.15) is 0 Å². The summed E-state index contributed by atoms with van der Waals surface area (Å²) in [6.45, 7) is 2.68. The van der Waals surface area contributed by atoms with Gasteiger partial charge in [-0.15, -0.1) is 0 Å². The number of fused-ring (bicyclic) bond motifs is 1. The number of ether oxygens (including phenoxy) is 2. The highest BCUT2D eigenvalue weighted by Crippen LogP contribution is 2.33. The molecule has 8 nitrogen and oxygen atoms in total. The molecule has 3 aromatic rings. The van der Waals surface area contributed by atoms with Crippen LogP contribution in [0.15, 0.2) is 54.6 Å². The van der Waals surface area contributed by atoms with Crippen molar-refractivity contribution in [2.75, 3.05) is 43.6 Å². The molecule has 0 atom stereocenters. The number of carbonyl (C=O) groups excluding carboxylic acids is 1. The van der Waals surface area contributed by atoms with Crippen molar-refractivity contribution in [3.05, 3.63) is 82.7 Å². The third-order valence-electron chi connectivity index (χ3n) is 6.25. The van der Waals surface area contributed by atoms with Gasteiger partial charge in [0.25, 0.3) is 5.91 Å². The number of nitrogens with one attached hydrogen (secondary N) is 2. The quantitative estimate of drug-likeness (QED) is 0.436. The molecule has 1 heterocycles. The average molecular weight is 528 g/mol. The molecule has 0 unspecified atom stereocenters. The number of sulfonamides is 1. The van der Waals surface area contributed by atoms with E-state index in [2.05, 4.69) is 27.1 Å². The van der Waals surface area contributed by atoms with Crippen molar-refractivity contribution in [1.29, 1.82) is 0 Å². The van der Waals surface area contributed by atoms with E-state index in [0.717, 1.165) is 67.9 Å². The van der Waals surface area contributed by atoms with E-state index in [9.17, 15) is 17.6 Å². The van der Waals surface area contributed by atoms with E-state index in [1.54, 1.807) is 26.4 Å². The maximum absolute atomic E-state index is 13.6. The van der Waals surface area contributed by atoms with Gasteiger partial charge < -0.3 is 14.8 Å². The standard InChI is InChI=1S/C27H30FN3O5S/c1-35-25-14-19-11-13-31(17-20(19)15-26(25)36-2)12-10-18-4-7-22(8-5-18)29-27(32)23-9-6-21(28)16-24(23)30-37(3,33)34/h4-9,14-16,30H,10-13,17H2,1-3H3,(H,29,32). The van der Waals surface area contributed by atoms with Gasteiger partial charge in [0.1, 0.15) is 5.82 Å². The molecule has 1 aliphatic rings. The predicted molar refractivity (Wildman–Crippen MR) is 141 cm³/mol. The highest BCUT2D eigenvalue weighted by atomic mass is 32.2. The minimum absolute atomic E-state index is 0.0236. The molecule has 1 aliphatic heterocycles. The molecule has 0 saturated carbocycles. The van der Waals surface area contributed by atoms with Crippen molar-refractivity contribution in [3.8, 4) is 11.5 Å². The molecule has 10 heteroatoms. The number of anilines is 2. The summed E-state index contributed by atoms with van der Waals surface area (Å²) in [5.74, 6) is 0.297. The molecule has 1 amide bonds. The Labute approximate surface area is 216 Å². The Morgan fingerprint density at radius 1 is 1.00 bits per heavy atom. The monoisotopic (exact) mass is 527 g/mol. The van der Waals surface area contributed by atoms with E-state index < -0.39 is 21.7 Å². The fourth-order valence-corrected chi connectivity index (χ4v) is 4.94. The highest BCUT2D eigenvalue weighted by molar-refractivity contribution is 7.92. The van der Waals surface area contributed by atoms with Crippen LogP contribution in [0.25, 0.3) is 0 Å². The lowest BCUT2D eigenvalue weighted by Gasteiger charge is -2.29. The summed E-state index contributed by atoms with van der Waals surface area (Å²) >= 11 is 0. The van der Waals surface area contributed by atoms with Crippen LogP contribution in [0.5, 0.6) is 11.5 Å². The Balaban J connectivity index is 1.36. The van der Waals surface area contributed by atoms with Gasteiger partial charge in [-0.25, -0.2) is 12.8 Å². The van der Waals surface area contributed by atoms with E-state index >= 15 is 0 Å². The molecule has 0 fully saturated rings. The second-order valence-electron chi connectivity index (χ2n) is 8.97. The number of hydrogen-bond acceptors (Lipinski definition) is 6. The van der Waals surface area contributed by atoms with Crippen molar-refractivity contribution in [2.45, 2.75) is 19.4 Å². The molecule has 3 aromatic carbocycles. The first-order valence-electron chi connectivity index (χ1n) is 11.8. The van der Waals surface area contributed by atoms with E-state index in [1.165, 1.54) is 17.2 Å². The molecule has 0 aromatic heterocycles. The first-order chi connectivity index (χ1) is 17.6. The molecule has 0 bridgehead atoms. The van der Waals surface area contributed by atoms with Crippen LogP contribution in [0.3, 0.4) is 0 Å². The molecule has 4 rings (SSSR count). The Morgan fingerprint density at radius 2 is 1.68 bits per heavy atom. The molecular weight excluding hydrogens is 497 g/mol. The first-order valence-corrected chi connectivity index (χ1v) is 13.7. The maximum Gasteiger partial charge on any atom is 0.257 e. The van der Waals surface area contributed by atoms with Gasteiger partial charge in [0.05, 0.1) is 31.7 Å². The summed E-state index contributed by atoms with van der Waals surface area (Å²) in [6, 6.07) is 14.9. The number of amides is 1.